The van der Waals surface area contributed by atoms with Gasteiger partial charge in [-0.05, 0) is 41.2 Å². The molecule has 0 aliphatic heterocycles. The van der Waals surface area contributed by atoms with Crippen LogP contribution in [0.15, 0.2) is 55.1 Å². The van der Waals surface area contributed by atoms with Gasteiger partial charge in [-0.25, -0.2) is 0 Å². The Kier molecular flexibility index (Phi) is 5.61. The molecule has 0 N–H and O–H groups in total. The molecule has 2 aromatic carbocycles. The molecule has 0 amide bonds. The van der Waals surface area contributed by atoms with Crippen molar-refractivity contribution in [2.24, 2.45) is 0 Å². The van der Waals surface area contributed by atoms with Crippen molar-refractivity contribution < 1.29 is 0 Å². The van der Waals surface area contributed by atoms with E-state index in [4.69, 9.17) is 0 Å². The molecule has 0 saturated heterocycles. The standard InChI is InChI=1S/C20H24/c1-3-5-6-7-9-18-12-14-19(15-13-18)20-11-8-10-17(4-2)16-20/h4,8,10-16H,2-3,5-7,9H2,1H3. The monoisotopic (exact) mass is 264 g/mol. The summed E-state index contributed by atoms with van der Waals surface area (Å²) >= 11 is 0. The minimum atomic E-state index is 1.17. The molecule has 0 fully saturated rings. The van der Waals surface area contributed by atoms with Crippen molar-refractivity contribution in [2.75, 3.05) is 0 Å². The summed E-state index contributed by atoms with van der Waals surface area (Å²) in [5, 5.41) is 0. The predicted molar refractivity (Wildman–Crippen MR) is 89.8 cm³/mol. The third kappa shape index (κ3) is 4.09. The van der Waals surface area contributed by atoms with Gasteiger partial charge in [0.2, 0.25) is 0 Å². The quantitative estimate of drug-likeness (QED) is 0.528. The van der Waals surface area contributed by atoms with E-state index in [0.29, 0.717) is 0 Å². The number of unbranched alkanes of at least 4 members (excludes halogenated alkanes) is 3. The maximum Gasteiger partial charge on any atom is -0.0178 e. The van der Waals surface area contributed by atoms with Crippen LogP contribution in [-0.2, 0) is 6.42 Å². The zero-order valence-corrected chi connectivity index (χ0v) is 12.4. The first-order valence-corrected chi connectivity index (χ1v) is 7.65. The molecule has 0 radical (unpaired) electrons. The van der Waals surface area contributed by atoms with Gasteiger partial charge in [0.15, 0.2) is 0 Å². The molecule has 0 heterocycles. The van der Waals surface area contributed by atoms with Gasteiger partial charge in [-0.2, -0.15) is 0 Å². The van der Waals surface area contributed by atoms with E-state index in [9.17, 15) is 0 Å². The van der Waals surface area contributed by atoms with Gasteiger partial charge >= 0.3 is 0 Å². The van der Waals surface area contributed by atoms with Crippen LogP contribution >= 0.6 is 0 Å². The van der Waals surface area contributed by atoms with Crippen molar-refractivity contribution in [1.82, 2.24) is 0 Å². The molecule has 104 valence electrons. The molecular weight excluding hydrogens is 240 g/mol. The Balaban J connectivity index is 2.01. The topological polar surface area (TPSA) is 0 Å². The summed E-state index contributed by atoms with van der Waals surface area (Å²) in [7, 11) is 0. The molecule has 2 rings (SSSR count). The van der Waals surface area contributed by atoms with Crippen molar-refractivity contribution in [3.05, 3.63) is 66.2 Å². The van der Waals surface area contributed by atoms with Gasteiger partial charge in [0, 0.05) is 0 Å². The average molecular weight is 264 g/mol. The Morgan fingerprint density at radius 1 is 0.900 bits per heavy atom. The first-order chi connectivity index (χ1) is 9.83. The third-order valence-corrected chi connectivity index (χ3v) is 3.73. The van der Waals surface area contributed by atoms with E-state index in [-0.39, 0.29) is 0 Å². The fraction of sp³-hybridized carbons (Fsp3) is 0.300. The maximum atomic E-state index is 3.83. The van der Waals surface area contributed by atoms with Crippen molar-refractivity contribution >= 4 is 6.08 Å². The van der Waals surface area contributed by atoms with Gasteiger partial charge in [0.25, 0.3) is 0 Å². The van der Waals surface area contributed by atoms with Crippen LogP contribution < -0.4 is 0 Å². The van der Waals surface area contributed by atoms with Gasteiger partial charge in [-0.3, -0.25) is 0 Å². The summed E-state index contributed by atoms with van der Waals surface area (Å²) in [6, 6.07) is 17.5. The van der Waals surface area contributed by atoms with E-state index in [1.54, 1.807) is 0 Å². The van der Waals surface area contributed by atoms with Crippen LogP contribution in [-0.4, -0.2) is 0 Å². The lowest BCUT2D eigenvalue weighted by molar-refractivity contribution is 0.667. The van der Waals surface area contributed by atoms with Crippen LogP contribution in [0.4, 0.5) is 0 Å². The lowest BCUT2D eigenvalue weighted by Crippen LogP contribution is -1.86. The number of benzene rings is 2. The van der Waals surface area contributed by atoms with Gasteiger partial charge in [-0.15, -0.1) is 0 Å². The molecule has 2 aromatic rings. The van der Waals surface area contributed by atoms with Crippen molar-refractivity contribution in [3.8, 4) is 11.1 Å². The zero-order chi connectivity index (χ0) is 14.2. The number of rotatable bonds is 7. The summed E-state index contributed by atoms with van der Waals surface area (Å²) in [5.41, 5.74) is 5.17. The molecule has 0 bridgehead atoms. The Bertz CT molecular complexity index is 534. The minimum absolute atomic E-state index is 1.17. The molecule has 0 heteroatoms. The SMILES string of the molecule is C=Cc1cccc(-c2ccc(CCCCCC)cc2)c1. The highest BCUT2D eigenvalue weighted by atomic mass is 14.0. The average Bonchev–Trinajstić information content (AvgIpc) is 2.52. The molecule has 0 nitrogen and oxygen atoms in total. The summed E-state index contributed by atoms with van der Waals surface area (Å²) in [6.07, 6.45) is 8.41. The zero-order valence-electron chi connectivity index (χ0n) is 12.4. The smallest absolute Gasteiger partial charge is 0.0178 e. The summed E-state index contributed by atoms with van der Waals surface area (Å²) in [4.78, 5) is 0. The van der Waals surface area contributed by atoms with E-state index < -0.39 is 0 Å². The van der Waals surface area contributed by atoms with Gasteiger partial charge < -0.3 is 0 Å². The molecular formula is C20H24. The van der Waals surface area contributed by atoms with E-state index in [1.165, 1.54) is 54.4 Å². The maximum absolute atomic E-state index is 3.83. The molecule has 0 aliphatic carbocycles. The third-order valence-electron chi connectivity index (χ3n) is 3.73. The molecule has 0 saturated carbocycles. The van der Waals surface area contributed by atoms with E-state index >= 15 is 0 Å². The fourth-order valence-electron chi connectivity index (χ4n) is 2.46. The second kappa shape index (κ2) is 7.69. The molecule has 0 aliphatic rings. The molecule has 20 heavy (non-hydrogen) atoms. The van der Waals surface area contributed by atoms with Crippen molar-refractivity contribution in [2.45, 2.75) is 39.0 Å². The Morgan fingerprint density at radius 2 is 1.70 bits per heavy atom. The lowest BCUT2D eigenvalue weighted by Gasteiger charge is -2.06. The van der Waals surface area contributed by atoms with Crippen LogP contribution in [0.5, 0.6) is 0 Å². The Labute approximate surface area is 123 Å². The van der Waals surface area contributed by atoms with Crippen LogP contribution in [0.25, 0.3) is 17.2 Å². The van der Waals surface area contributed by atoms with Crippen molar-refractivity contribution in [3.63, 3.8) is 0 Å². The number of aryl methyl sites for hydroxylation is 1. The van der Waals surface area contributed by atoms with Crippen LogP contribution in [0.3, 0.4) is 0 Å². The molecule has 0 aromatic heterocycles. The largest absolute Gasteiger partial charge is 0.0985 e. The first-order valence-electron chi connectivity index (χ1n) is 7.65. The highest BCUT2D eigenvalue weighted by Crippen LogP contribution is 2.22. The minimum Gasteiger partial charge on any atom is -0.0985 e. The highest BCUT2D eigenvalue weighted by molar-refractivity contribution is 5.67. The molecule has 0 atom stereocenters. The van der Waals surface area contributed by atoms with Crippen LogP contribution in [0.2, 0.25) is 0 Å². The van der Waals surface area contributed by atoms with Crippen molar-refractivity contribution in [1.29, 1.82) is 0 Å². The second-order valence-electron chi connectivity index (χ2n) is 5.34. The normalized spacial score (nSPS) is 10.4. The van der Waals surface area contributed by atoms with E-state index in [2.05, 4.69) is 62.0 Å². The predicted octanol–water partition coefficient (Wildman–Crippen LogP) is 6.12. The van der Waals surface area contributed by atoms with Gasteiger partial charge in [0.1, 0.15) is 0 Å². The van der Waals surface area contributed by atoms with E-state index in [1.807, 2.05) is 6.08 Å². The number of hydrogen-bond donors (Lipinski definition) is 0. The summed E-state index contributed by atoms with van der Waals surface area (Å²) in [6.45, 7) is 6.08. The highest BCUT2D eigenvalue weighted by Gasteiger charge is 1.99. The summed E-state index contributed by atoms with van der Waals surface area (Å²) in [5.74, 6) is 0. The van der Waals surface area contributed by atoms with Crippen LogP contribution in [0.1, 0.15) is 43.7 Å². The second-order valence-corrected chi connectivity index (χ2v) is 5.34. The summed E-state index contributed by atoms with van der Waals surface area (Å²) < 4.78 is 0. The fourth-order valence-corrected chi connectivity index (χ4v) is 2.46. The molecule has 0 spiro atoms. The molecule has 0 unspecified atom stereocenters. The van der Waals surface area contributed by atoms with Gasteiger partial charge in [0.05, 0.1) is 0 Å². The Hall–Kier alpha value is -1.82. The first kappa shape index (κ1) is 14.6. The van der Waals surface area contributed by atoms with Crippen LogP contribution in [0, 0.1) is 0 Å². The lowest BCUT2D eigenvalue weighted by atomic mass is 10.00. The number of hydrogen-bond acceptors (Lipinski definition) is 0. The van der Waals surface area contributed by atoms with Gasteiger partial charge in [-0.1, -0.05) is 81.3 Å². The Morgan fingerprint density at radius 3 is 2.40 bits per heavy atom. The van der Waals surface area contributed by atoms with E-state index in [0.717, 1.165) is 0 Å².